The van der Waals surface area contributed by atoms with Crippen molar-refractivity contribution in [2.75, 3.05) is 13.1 Å². The van der Waals surface area contributed by atoms with Gasteiger partial charge in [-0.3, -0.25) is 9.58 Å². The number of hydrogen-bond donors (Lipinski definition) is 1. The lowest BCUT2D eigenvalue weighted by Gasteiger charge is -2.36. The molecule has 90 valence electrons. The van der Waals surface area contributed by atoms with Gasteiger partial charge in [0.15, 0.2) is 0 Å². The van der Waals surface area contributed by atoms with E-state index in [2.05, 4.69) is 23.1 Å². The fourth-order valence-corrected chi connectivity index (χ4v) is 2.51. The van der Waals surface area contributed by atoms with Crippen LogP contribution in [0.3, 0.4) is 0 Å². The minimum atomic E-state index is 0.398. The molecule has 0 amide bonds. The Morgan fingerprint density at radius 1 is 1.56 bits per heavy atom. The molecule has 2 heterocycles. The summed E-state index contributed by atoms with van der Waals surface area (Å²) in [5.41, 5.74) is 7.41. The number of aromatic nitrogens is 2. The van der Waals surface area contributed by atoms with Crippen molar-refractivity contribution in [2.45, 2.75) is 32.4 Å². The van der Waals surface area contributed by atoms with E-state index in [1.807, 2.05) is 17.9 Å². The Kier molecular flexibility index (Phi) is 3.61. The van der Waals surface area contributed by atoms with Crippen molar-refractivity contribution in [2.24, 2.45) is 18.7 Å². The number of hydrogen-bond acceptors (Lipinski definition) is 3. The molecule has 16 heavy (non-hydrogen) atoms. The predicted molar refractivity (Wildman–Crippen MR) is 64.9 cm³/mol. The smallest absolute Gasteiger partial charge is 0.0534 e. The lowest BCUT2D eigenvalue weighted by Crippen LogP contribution is -2.46. The monoisotopic (exact) mass is 222 g/mol. The Hall–Kier alpha value is -0.870. The molecule has 0 bridgehead atoms. The summed E-state index contributed by atoms with van der Waals surface area (Å²) in [6, 6.07) is 0.398. The van der Waals surface area contributed by atoms with Crippen LogP contribution in [-0.4, -0.2) is 33.8 Å². The summed E-state index contributed by atoms with van der Waals surface area (Å²) in [4.78, 5) is 2.49. The summed E-state index contributed by atoms with van der Waals surface area (Å²) in [5.74, 6) is 0.658. The van der Waals surface area contributed by atoms with E-state index in [9.17, 15) is 0 Å². The van der Waals surface area contributed by atoms with Crippen LogP contribution in [-0.2, 0) is 13.6 Å². The standard InChI is InChI=1S/C12H22N4/c1-3-11-9-16(5-4-12(11)13)8-10-6-14-15(2)7-10/h6-7,11-12H,3-5,8-9,13H2,1-2H3. The van der Waals surface area contributed by atoms with Gasteiger partial charge >= 0.3 is 0 Å². The van der Waals surface area contributed by atoms with E-state index >= 15 is 0 Å². The fourth-order valence-electron chi connectivity index (χ4n) is 2.51. The van der Waals surface area contributed by atoms with Gasteiger partial charge in [0.25, 0.3) is 0 Å². The highest BCUT2D eigenvalue weighted by Crippen LogP contribution is 2.19. The predicted octanol–water partition coefficient (Wildman–Crippen LogP) is 0.979. The van der Waals surface area contributed by atoms with Crippen molar-refractivity contribution in [3.05, 3.63) is 18.0 Å². The van der Waals surface area contributed by atoms with Gasteiger partial charge in [-0.15, -0.1) is 0 Å². The molecule has 1 aliphatic heterocycles. The first-order valence-corrected chi connectivity index (χ1v) is 6.14. The average Bonchev–Trinajstić information content (AvgIpc) is 2.67. The highest BCUT2D eigenvalue weighted by Gasteiger charge is 2.25. The van der Waals surface area contributed by atoms with Crippen molar-refractivity contribution in [3.8, 4) is 0 Å². The maximum Gasteiger partial charge on any atom is 0.0534 e. The Balaban J connectivity index is 1.91. The van der Waals surface area contributed by atoms with Crippen LogP contribution >= 0.6 is 0 Å². The second kappa shape index (κ2) is 4.97. The molecule has 4 nitrogen and oxygen atoms in total. The molecular formula is C12H22N4. The zero-order valence-corrected chi connectivity index (χ0v) is 10.3. The van der Waals surface area contributed by atoms with Gasteiger partial charge in [0.2, 0.25) is 0 Å². The van der Waals surface area contributed by atoms with E-state index in [1.54, 1.807) is 0 Å². The normalized spacial score (nSPS) is 27.2. The Bertz CT molecular complexity index is 334. The molecule has 4 heteroatoms. The molecule has 1 fully saturated rings. The maximum atomic E-state index is 6.11. The molecule has 2 N–H and O–H groups in total. The third-order valence-electron chi connectivity index (χ3n) is 3.57. The van der Waals surface area contributed by atoms with Gasteiger partial charge in [-0.25, -0.2) is 0 Å². The second-order valence-electron chi connectivity index (χ2n) is 4.88. The fraction of sp³-hybridized carbons (Fsp3) is 0.750. The maximum absolute atomic E-state index is 6.11. The van der Waals surface area contributed by atoms with Crippen LogP contribution in [0.2, 0.25) is 0 Å². The summed E-state index contributed by atoms with van der Waals surface area (Å²) in [6.45, 7) is 5.49. The number of rotatable bonds is 3. The second-order valence-corrected chi connectivity index (χ2v) is 4.88. The van der Waals surface area contributed by atoms with Crippen molar-refractivity contribution < 1.29 is 0 Å². The van der Waals surface area contributed by atoms with Crippen molar-refractivity contribution in [1.29, 1.82) is 0 Å². The first-order chi connectivity index (χ1) is 7.69. The van der Waals surface area contributed by atoms with E-state index in [1.165, 1.54) is 12.0 Å². The van der Waals surface area contributed by atoms with Crippen molar-refractivity contribution in [1.82, 2.24) is 14.7 Å². The van der Waals surface area contributed by atoms with Crippen LogP contribution in [0.4, 0.5) is 0 Å². The Morgan fingerprint density at radius 2 is 2.38 bits per heavy atom. The van der Waals surface area contributed by atoms with Crippen LogP contribution in [0.15, 0.2) is 12.4 Å². The molecular weight excluding hydrogens is 200 g/mol. The van der Waals surface area contributed by atoms with Crippen LogP contribution in [0.1, 0.15) is 25.3 Å². The van der Waals surface area contributed by atoms with E-state index in [4.69, 9.17) is 5.73 Å². The summed E-state index contributed by atoms with van der Waals surface area (Å²) in [7, 11) is 1.96. The number of piperidine rings is 1. The third-order valence-corrected chi connectivity index (χ3v) is 3.57. The van der Waals surface area contributed by atoms with Crippen LogP contribution in [0.25, 0.3) is 0 Å². The van der Waals surface area contributed by atoms with Gasteiger partial charge in [0.1, 0.15) is 0 Å². The molecule has 1 aliphatic rings. The SMILES string of the molecule is CCC1CN(Cc2cnn(C)c2)CCC1N. The summed E-state index contributed by atoms with van der Waals surface area (Å²) in [5, 5.41) is 4.20. The van der Waals surface area contributed by atoms with Gasteiger partial charge < -0.3 is 5.73 Å². The lowest BCUT2D eigenvalue weighted by molar-refractivity contribution is 0.145. The van der Waals surface area contributed by atoms with E-state index in [0.717, 1.165) is 26.1 Å². The van der Waals surface area contributed by atoms with E-state index in [-0.39, 0.29) is 0 Å². The highest BCUT2D eigenvalue weighted by atomic mass is 15.2. The zero-order chi connectivity index (χ0) is 11.5. The molecule has 2 unspecified atom stereocenters. The quantitative estimate of drug-likeness (QED) is 0.829. The molecule has 0 aliphatic carbocycles. The molecule has 2 atom stereocenters. The van der Waals surface area contributed by atoms with Gasteiger partial charge in [0.05, 0.1) is 6.20 Å². The lowest BCUT2D eigenvalue weighted by atomic mass is 9.90. The molecule has 1 aromatic rings. The molecule has 0 aromatic carbocycles. The van der Waals surface area contributed by atoms with Crippen LogP contribution in [0.5, 0.6) is 0 Å². The number of likely N-dealkylation sites (tertiary alicyclic amines) is 1. The minimum Gasteiger partial charge on any atom is -0.327 e. The van der Waals surface area contributed by atoms with E-state index < -0.39 is 0 Å². The minimum absolute atomic E-state index is 0.398. The first-order valence-electron chi connectivity index (χ1n) is 6.14. The summed E-state index contributed by atoms with van der Waals surface area (Å²) < 4.78 is 1.86. The largest absolute Gasteiger partial charge is 0.327 e. The van der Waals surface area contributed by atoms with Crippen molar-refractivity contribution in [3.63, 3.8) is 0 Å². The first kappa shape index (κ1) is 11.6. The highest BCUT2D eigenvalue weighted by molar-refractivity contribution is 5.03. The molecule has 1 aromatic heterocycles. The molecule has 1 saturated heterocycles. The number of nitrogens with two attached hydrogens (primary N) is 1. The number of aryl methyl sites for hydroxylation is 1. The van der Waals surface area contributed by atoms with Crippen LogP contribution in [0, 0.1) is 5.92 Å². The molecule has 0 saturated carbocycles. The van der Waals surface area contributed by atoms with Gasteiger partial charge in [0, 0.05) is 37.9 Å². The summed E-state index contributed by atoms with van der Waals surface area (Å²) >= 11 is 0. The van der Waals surface area contributed by atoms with E-state index in [0.29, 0.717) is 12.0 Å². The molecule has 2 rings (SSSR count). The van der Waals surface area contributed by atoms with Gasteiger partial charge in [-0.1, -0.05) is 13.3 Å². The van der Waals surface area contributed by atoms with Crippen molar-refractivity contribution >= 4 is 0 Å². The Labute approximate surface area is 97.4 Å². The van der Waals surface area contributed by atoms with Gasteiger partial charge in [-0.2, -0.15) is 5.10 Å². The van der Waals surface area contributed by atoms with Gasteiger partial charge in [-0.05, 0) is 18.9 Å². The molecule has 0 spiro atoms. The Morgan fingerprint density at radius 3 is 3.00 bits per heavy atom. The topological polar surface area (TPSA) is 47.1 Å². The number of nitrogens with zero attached hydrogens (tertiary/aromatic N) is 3. The summed E-state index contributed by atoms with van der Waals surface area (Å²) in [6.07, 6.45) is 6.36. The molecule has 0 radical (unpaired) electrons. The van der Waals surface area contributed by atoms with Crippen LogP contribution < -0.4 is 5.73 Å². The third kappa shape index (κ3) is 2.62. The average molecular weight is 222 g/mol. The zero-order valence-electron chi connectivity index (χ0n) is 10.3.